The first-order valence-electron chi connectivity index (χ1n) is 6.84. The molecule has 0 bridgehead atoms. The van der Waals surface area contributed by atoms with Gasteiger partial charge in [-0.25, -0.2) is 4.39 Å². The molecule has 0 aliphatic rings. The Bertz CT molecular complexity index is 607. The molecule has 1 aromatic heterocycles. The summed E-state index contributed by atoms with van der Waals surface area (Å²) in [6.07, 6.45) is 4.89. The monoisotopic (exact) mass is 352 g/mol. The molecule has 2 rings (SSSR count). The highest BCUT2D eigenvalue weighted by atomic mass is 79.9. The van der Waals surface area contributed by atoms with E-state index < -0.39 is 0 Å². The molecule has 2 N–H and O–H groups in total. The van der Waals surface area contributed by atoms with Crippen LogP contribution in [0.2, 0.25) is 0 Å². The van der Waals surface area contributed by atoms with Crippen molar-refractivity contribution in [2.45, 2.75) is 32.4 Å². The van der Waals surface area contributed by atoms with E-state index in [1.165, 1.54) is 12.1 Å². The van der Waals surface area contributed by atoms with Crippen LogP contribution in [0.5, 0.6) is 5.75 Å². The molecule has 0 amide bonds. The number of nitrogens with two attached hydrogens (primary N) is 1. The minimum atomic E-state index is -0.273. The Morgan fingerprint density at radius 3 is 2.86 bits per heavy atom. The number of rotatable bonds is 6. The van der Waals surface area contributed by atoms with E-state index in [1.54, 1.807) is 18.5 Å². The fourth-order valence-electron chi connectivity index (χ4n) is 1.97. The number of ether oxygens (including phenoxy) is 1. The fraction of sp³-hybridized carbons (Fsp3) is 0.312. The Morgan fingerprint density at radius 1 is 1.33 bits per heavy atom. The van der Waals surface area contributed by atoms with Crippen LogP contribution in [-0.4, -0.2) is 11.0 Å². The minimum Gasteiger partial charge on any atom is -0.489 e. The summed E-state index contributed by atoms with van der Waals surface area (Å²) in [5.74, 6) is 0.394. The molecule has 2 aromatic rings. The van der Waals surface area contributed by atoms with Crippen LogP contribution in [0.25, 0.3) is 0 Å². The van der Waals surface area contributed by atoms with Crippen LogP contribution in [0.15, 0.2) is 41.1 Å². The Morgan fingerprint density at radius 2 is 2.14 bits per heavy atom. The first-order chi connectivity index (χ1) is 10.1. The summed E-state index contributed by atoms with van der Waals surface area (Å²) in [7, 11) is 0. The van der Waals surface area contributed by atoms with Crippen LogP contribution in [0.1, 0.15) is 24.5 Å². The maximum atomic E-state index is 13.4. The molecular formula is C16H18BrFN2O. The highest BCUT2D eigenvalue weighted by Crippen LogP contribution is 2.23. The molecule has 1 atom stereocenters. The molecule has 3 nitrogen and oxygen atoms in total. The van der Waals surface area contributed by atoms with Gasteiger partial charge >= 0.3 is 0 Å². The molecule has 112 valence electrons. The highest BCUT2D eigenvalue weighted by Gasteiger charge is 2.10. The van der Waals surface area contributed by atoms with Crippen LogP contribution in [0.4, 0.5) is 4.39 Å². The molecule has 0 radical (unpaired) electrons. The van der Waals surface area contributed by atoms with Gasteiger partial charge in [0.15, 0.2) is 0 Å². The predicted molar refractivity (Wildman–Crippen MR) is 84.6 cm³/mol. The standard InChI is InChI=1S/C16H18BrFN2O/c1-2-15(19)7-12-6-14(18)3-4-16(12)21-10-11-5-13(17)9-20-8-11/h3-6,8-9,15H,2,7,10,19H2,1H3. The Kier molecular flexibility index (Phi) is 5.70. The van der Waals surface area contributed by atoms with Crippen LogP contribution in [-0.2, 0) is 13.0 Å². The zero-order valence-electron chi connectivity index (χ0n) is 11.9. The molecule has 21 heavy (non-hydrogen) atoms. The Hall–Kier alpha value is -1.46. The summed E-state index contributed by atoms with van der Waals surface area (Å²) in [6.45, 7) is 2.39. The molecule has 5 heteroatoms. The lowest BCUT2D eigenvalue weighted by atomic mass is 10.0. The van der Waals surface area contributed by atoms with Crippen molar-refractivity contribution in [3.05, 3.63) is 58.1 Å². The maximum absolute atomic E-state index is 13.4. The molecule has 1 aromatic carbocycles. The number of aromatic nitrogens is 1. The van der Waals surface area contributed by atoms with E-state index in [0.717, 1.165) is 22.0 Å². The first kappa shape index (κ1) is 15.9. The number of hydrogen-bond donors (Lipinski definition) is 1. The summed E-state index contributed by atoms with van der Waals surface area (Å²) in [5, 5.41) is 0. The summed E-state index contributed by atoms with van der Waals surface area (Å²) in [5.41, 5.74) is 7.70. The van der Waals surface area contributed by atoms with Crippen LogP contribution in [0.3, 0.4) is 0 Å². The molecule has 1 unspecified atom stereocenters. The van der Waals surface area contributed by atoms with E-state index >= 15 is 0 Å². The van der Waals surface area contributed by atoms with Gasteiger partial charge in [0.1, 0.15) is 18.2 Å². The van der Waals surface area contributed by atoms with Gasteiger partial charge in [-0.05, 0) is 58.6 Å². The molecule has 0 spiro atoms. The maximum Gasteiger partial charge on any atom is 0.123 e. The number of nitrogens with zero attached hydrogens (tertiary/aromatic N) is 1. The van der Waals surface area contributed by atoms with Gasteiger partial charge in [-0.3, -0.25) is 4.98 Å². The van der Waals surface area contributed by atoms with E-state index in [2.05, 4.69) is 20.9 Å². The lowest BCUT2D eigenvalue weighted by molar-refractivity contribution is 0.301. The zero-order chi connectivity index (χ0) is 15.2. The van der Waals surface area contributed by atoms with Gasteiger partial charge in [0, 0.05) is 28.5 Å². The second kappa shape index (κ2) is 7.52. The molecule has 1 heterocycles. The van der Waals surface area contributed by atoms with Crippen LogP contribution in [0, 0.1) is 5.82 Å². The lowest BCUT2D eigenvalue weighted by Crippen LogP contribution is -2.21. The average molecular weight is 353 g/mol. The number of benzene rings is 1. The minimum absolute atomic E-state index is 0.00156. The van der Waals surface area contributed by atoms with Gasteiger partial charge in [0.05, 0.1) is 0 Å². The van der Waals surface area contributed by atoms with Crippen molar-refractivity contribution in [2.24, 2.45) is 5.73 Å². The van der Waals surface area contributed by atoms with Gasteiger partial charge in [-0.15, -0.1) is 0 Å². The van der Waals surface area contributed by atoms with E-state index in [4.69, 9.17) is 10.5 Å². The third kappa shape index (κ3) is 4.79. The van der Waals surface area contributed by atoms with Crippen molar-refractivity contribution in [3.8, 4) is 5.75 Å². The van der Waals surface area contributed by atoms with Gasteiger partial charge in [-0.2, -0.15) is 0 Å². The number of hydrogen-bond acceptors (Lipinski definition) is 3. The van der Waals surface area contributed by atoms with E-state index in [1.807, 2.05) is 13.0 Å². The number of halogens is 2. The Balaban J connectivity index is 2.11. The molecule has 0 fully saturated rings. The normalized spacial score (nSPS) is 12.2. The van der Waals surface area contributed by atoms with Crippen molar-refractivity contribution < 1.29 is 9.13 Å². The summed E-state index contributed by atoms with van der Waals surface area (Å²) in [4.78, 5) is 4.09. The molecular weight excluding hydrogens is 335 g/mol. The molecule has 0 aliphatic carbocycles. The van der Waals surface area contributed by atoms with Crippen molar-refractivity contribution >= 4 is 15.9 Å². The van der Waals surface area contributed by atoms with E-state index in [0.29, 0.717) is 18.8 Å². The SMILES string of the molecule is CCC(N)Cc1cc(F)ccc1OCc1cncc(Br)c1. The quantitative estimate of drug-likeness (QED) is 0.858. The van der Waals surface area contributed by atoms with Gasteiger partial charge in [0.25, 0.3) is 0 Å². The molecule has 0 saturated heterocycles. The van der Waals surface area contributed by atoms with Gasteiger partial charge < -0.3 is 10.5 Å². The molecule has 0 saturated carbocycles. The second-order valence-electron chi connectivity index (χ2n) is 4.92. The van der Waals surface area contributed by atoms with Gasteiger partial charge in [-0.1, -0.05) is 6.92 Å². The average Bonchev–Trinajstić information content (AvgIpc) is 2.46. The van der Waals surface area contributed by atoms with Crippen molar-refractivity contribution in [1.29, 1.82) is 0 Å². The summed E-state index contributed by atoms with van der Waals surface area (Å²) in [6, 6.07) is 6.48. The van der Waals surface area contributed by atoms with E-state index in [-0.39, 0.29) is 11.9 Å². The fourth-order valence-corrected chi connectivity index (χ4v) is 2.38. The van der Waals surface area contributed by atoms with Crippen molar-refractivity contribution in [1.82, 2.24) is 4.98 Å². The smallest absolute Gasteiger partial charge is 0.123 e. The van der Waals surface area contributed by atoms with E-state index in [9.17, 15) is 4.39 Å². The largest absolute Gasteiger partial charge is 0.489 e. The zero-order valence-corrected chi connectivity index (χ0v) is 13.4. The Labute approximate surface area is 132 Å². The summed E-state index contributed by atoms with van der Waals surface area (Å²) >= 11 is 3.37. The first-order valence-corrected chi connectivity index (χ1v) is 7.64. The molecule has 0 aliphatic heterocycles. The second-order valence-corrected chi connectivity index (χ2v) is 5.84. The van der Waals surface area contributed by atoms with Crippen molar-refractivity contribution in [3.63, 3.8) is 0 Å². The lowest BCUT2D eigenvalue weighted by Gasteiger charge is -2.14. The predicted octanol–water partition coefficient (Wildman–Crippen LogP) is 3.84. The third-order valence-electron chi connectivity index (χ3n) is 3.18. The summed E-state index contributed by atoms with van der Waals surface area (Å²) < 4.78 is 20.1. The van der Waals surface area contributed by atoms with Crippen LogP contribution < -0.4 is 10.5 Å². The van der Waals surface area contributed by atoms with Crippen molar-refractivity contribution in [2.75, 3.05) is 0 Å². The van der Waals surface area contributed by atoms with Gasteiger partial charge in [0.2, 0.25) is 0 Å². The highest BCUT2D eigenvalue weighted by molar-refractivity contribution is 9.10. The topological polar surface area (TPSA) is 48.1 Å². The third-order valence-corrected chi connectivity index (χ3v) is 3.62. The van der Waals surface area contributed by atoms with Crippen LogP contribution >= 0.6 is 15.9 Å². The number of pyridine rings is 1.